The second-order valence-electron chi connectivity index (χ2n) is 9.54. The summed E-state index contributed by atoms with van der Waals surface area (Å²) in [5.41, 5.74) is 5.29. The van der Waals surface area contributed by atoms with E-state index in [1.165, 1.54) is 29.3 Å². The summed E-state index contributed by atoms with van der Waals surface area (Å²) in [5, 5.41) is 3.31. The third-order valence-electron chi connectivity index (χ3n) is 8.28. The highest BCUT2D eigenvalue weighted by Crippen LogP contribution is 2.65. The van der Waals surface area contributed by atoms with Gasteiger partial charge in [-0.2, -0.15) is 4.91 Å². The Morgan fingerprint density at radius 3 is 2.79 bits per heavy atom. The largest absolute Gasteiger partial charge is 0.261 e. The van der Waals surface area contributed by atoms with Crippen LogP contribution in [0.5, 0.6) is 0 Å². The monoisotopic (exact) mass is 378 g/mol. The summed E-state index contributed by atoms with van der Waals surface area (Å²) in [4.78, 5) is 15.1. The van der Waals surface area contributed by atoms with E-state index < -0.39 is 0 Å². The second-order valence-corrected chi connectivity index (χ2v) is 9.54. The number of fused-ring (bicyclic) bond motifs is 5. The number of nitrogens with zero attached hydrogens (tertiary/aromatic N) is 2. The van der Waals surface area contributed by atoms with E-state index in [2.05, 4.69) is 42.2 Å². The molecule has 1 unspecified atom stereocenters. The molecule has 0 N–H and O–H groups in total. The van der Waals surface area contributed by atoms with Crippen LogP contribution < -0.4 is 0 Å². The molecule has 1 heterocycles. The fourth-order valence-electron chi connectivity index (χ4n) is 6.76. The summed E-state index contributed by atoms with van der Waals surface area (Å²) in [6, 6.07) is 1.48. The highest BCUT2D eigenvalue weighted by atomic mass is 19.1. The zero-order valence-electron chi connectivity index (χ0n) is 16.6. The number of hydrogen-bond acceptors (Lipinski definition) is 3. The Bertz CT molecular complexity index is 932. The van der Waals surface area contributed by atoms with Gasteiger partial charge in [0, 0.05) is 11.6 Å². The van der Waals surface area contributed by atoms with Crippen LogP contribution in [0.2, 0.25) is 0 Å². The predicted octanol–water partition coefficient (Wildman–Crippen LogP) is 6.23. The van der Waals surface area contributed by atoms with Crippen LogP contribution in [-0.4, -0.2) is 11.0 Å². The number of allylic oxidation sites excluding steroid dienone is 5. The van der Waals surface area contributed by atoms with Crippen molar-refractivity contribution >= 4 is 5.57 Å². The molecule has 0 aromatic carbocycles. The molecule has 5 atom stereocenters. The van der Waals surface area contributed by atoms with Crippen molar-refractivity contribution in [2.24, 2.45) is 27.8 Å². The van der Waals surface area contributed by atoms with Crippen molar-refractivity contribution in [2.45, 2.75) is 58.4 Å². The van der Waals surface area contributed by atoms with Crippen LogP contribution in [0.1, 0.15) is 57.9 Å². The highest BCUT2D eigenvalue weighted by Gasteiger charge is 2.54. The standard InChI is InChI=1S/C24H27FN2O/c1-23-9-7-18(27-28)12-16(23)3-4-19-21-6-5-20(15-11-17(25)14-26-13-15)24(21,2)10-8-22(19)23/h5-6,11-14,18-19,22H,3-4,7-10H2,1-2H3/t18?,19-,22-,23-,24+/m0/s1. The van der Waals surface area contributed by atoms with E-state index in [1.807, 2.05) is 0 Å². The fraction of sp³-hybridized carbons (Fsp3) is 0.542. The molecule has 4 aliphatic carbocycles. The Morgan fingerprint density at radius 1 is 1.14 bits per heavy atom. The third kappa shape index (κ3) is 2.42. The minimum absolute atomic E-state index is 0.0181. The van der Waals surface area contributed by atoms with E-state index in [4.69, 9.17) is 0 Å². The average Bonchev–Trinajstić information content (AvgIpc) is 3.04. The molecule has 146 valence electrons. The van der Waals surface area contributed by atoms with Crippen molar-refractivity contribution in [2.75, 3.05) is 0 Å². The lowest BCUT2D eigenvalue weighted by Gasteiger charge is -2.56. The summed E-state index contributed by atoms with van der Waals surface area (Å²) in [5.74, 6) is 0.916. The molecule has 1 aromatic heterocycles. The quantitative estimate of drug-likeness (QED) is 0.452. The summed E-state index contributed by atoms with van der Waals surface area (Å²) in [7, 11) is 0. The number of hydrogen-bond donors (Lipinski definition) is 0. The number of halogens is 1. The van der Waals surface area contributed by atoms with Crippen molar-refractivity contribution < 1.29 is 4.39 Å². The first kappa shape index (κ1) is 18.0. The molecule has 3 nitrogen and oxygen atoms in total. The fourth-order valence-corrected chi connectivity index (χ4v) is 6.76. The van der Waals surface area contributed by atoms with Gasteiger partial charge in [-0.05, 0) is 73.0 Å². The van der Waals surface area contributed by atoms with Gasteiger partial charge in [0.1, 0.15) is 11.9 Å². The molecule has 0 amide bonds. The van der Waals surface area contributed by atoms with E-state index in [9.17, 15) is 9.30 Å². The first-order valence-corrected chi connectivity index (χ1v) is 10.5. The Balaban J connectivity index is 1.47. The maximum absolute atomic E-state index is 13.8. The van der Waals surface area contributed by atoms with Gasteiger partial charge in [-0.3, -0.25) is 4.98 Å². The summed E-state index contributed by atoms with van der Waals surface area (Å²) in [6.45, 7) is 4.75. The predicted molar refractivity (Wildman–Crippen MR) is 109 cm³/mol. The molecule has 28 heavy (non-hydrogen) atoms. The normalized spacial score (nSPS) is 39.1. The van der Waals surface area contributed by atoms with Gasteiger partial charge in [0.15, 0.2) is 0 Å². The first-order chi connectivity index (χ1) is 13.5. The summed E-state index contributed by atoms with van der Waals surface area (Å²) < 4.78 is 13.8. The van der Waals surface area contributed by atoms with Crippen LogP contribution in [0, 0.1) is 33.4 Å². The van der Waals surface area contributed by atoms with Gasteiger partial charge < -0.3 is 0 Å². The van der Waals surface area contributed by atoms with Crippen LogP contribution in [0.4, 0.5) is 4.39 Å². The van der Waals surface area contributed by atoms with Gasteiger partial charge in [0.05, 0.1) is 6.20 Å². The van der Waals surface area contributed by atoms with Gasteiger partial charge in [0.25, 0.3) is 0 Å². The zero-order chi connectivity index (χ0) is 19.5. The van der Waals surface area contributed by atoms with Crippen LogP contribution >= 0.6 is 0 Å². The van der Waals surface area contributed by atoms with E-state index in [0.717, 1.165) is 37.7 Å². The molecule has 0 bridgehead atoms. The Kier molecular flexibility index (Phi) is 3.98. The molecular formula is C24H27FN2O. The minimum atomic E-state index is -0.273. The number of nitroso groups, excluding NO2 is 1. The minimum Gasteiger partial charge on any atom is -0.261 e. The number of pyridine rings is 1. The van der Waals surface area contributed by atoms with Crippen LogP contribution in [-0.2, 0) is 0 Å². The molecule has 0 radical (unpaired) electrons. The molecule has 4 heteroatoms. The van der Waals surface area contributed by atoms with E-state index in [-0.39, 0.29) is 22.7 Å². The average molecular weight is 378 g/mol. The van der Waals surface area contributed by atoms with Gasteiger partial charge >= 0.3 is 0 Å². The van der Waals surface area contributed by atoms with Gasteiger partial charge in [0.2, 0.25) is 0 Å². The number of aromatic nitrogens is 1. The topological polar surface area (TPSA) is 42.3 Å². The van der Waals surface area contributed by atoms with Crippen molar-refractivity contribution in [3.05, 3.63) is 64.1 Å². The maximum atomic E-state index is 13.8. The molecule has 1 aromatic rings. The lowest BCUT2D eigenvalue weighted by molar-refractivity contribution is 0.0641. The molecule has 0 aliphatic heterocycles. The van der Waals surface area contributed by atoms with Crippen molar-refractivity contribution in [1.82, 2.24) is 4.98 Å². The van der Waals surface area contributed by atoms with Crippen molar-refractivity contribution in [3.63, 3.8) is 0 Å². The van der Waals surface area contributed by atoms with Crippen molar-refractivity contribution in [1.29, 1.82) is 0 Å². The molecule has 2 saturated carbocycles. The Hall–Kier alpha value is -2.10. The molecule has 0 spiro atoms. The van der Waals surface area contributed by atoms with Gasteiger partial charge in [-0.15, -0.1) is 0 Å². The summed E-state index contributed by atoms with van der Waals surface area (Å²) in [6.07, 6.45) is 16.2. The zero-order valence-corrected chi connectivity index (χ0v) is 16.6. The SMILES string of the molecule is C[C@]12CC[C@H]3[C@@H](CCC4=CC(N=O)CC[C@@]43C)C1=CC=C2c1cncc(F)c1. The second kappa shape index (κ2) is 6.20. The van der Waals surface area contributed by atoms with E-state index in [1.54, 1.807) is 12.3 Å². The maximum Gasteiger partial charge on any atom is 0.142 e. The van der Waals surface area contributed by atoms with Crippen LogP contribution in [0.3, 0.4) is 0 Å². The summed E-state index contributed by atoms with van der Waals surface area (Å²) >= 11 is 0. The van der Waals surface area contributed by atoms with Gasteiger partial charge in [-0.25, -0.2) is 4.39 Å². The van der Waals surface area contributed by atoms with E-state index >= 15 is 0 Å². The number of rotatable bonds is 2. The third-order valence-corrected chi connectivity index (χ3v) is 8.28. The molecule has 0 saturated heterocycles. The molecule has 5 rings (SSSR count). The molecular weight excluding hydrogens is 351 g/mol. The lowest BCUT2D eigenvalue weighted by Crippen LogP contribution is -2.47. The van der Waals surface area contributed by atoms with Crippen molar-refractivity contribution in [3.8, 4) is 0 Å². The smallest absolute Gasteiger partial charge is 0.142 e. The van der Waals surface area contributed by atoms with Gasteiger partial charge in [-0.1, -0.05) is 48.4 Å². The Morgan fingerprint density at radius 2 is 2.00 bits per heavy atom. The molecule has 4 aliphatic rings. The highest BCUT2D eigenvalue weighted by molar-refractivity contribution is 5.78. The van der Waals surface area contributed by atoms with E-state index in [0.29, 0.717) is 11.8 Å². The van der Waals surface area contributed by atoms with Crippen LogP contribution in [0.15, 0.2) is 53.0 Å². The van der Waals surface area contributed by atoms with Crippen LogP contribution in [0.25, 0.3) is 5.57 Å². The molecule has 2 fully saturated rings. The first-order valence-electron chi connectivity index (χ1n) is 10.5. The Labute approximate surface area is 165 Å². The lowest BCUT2D eigenvalue weighted by atomic mass is 9.48.